The lowest BCUT2D eigenvalue weighted by Crippen LogP contribution is -2.16. The molecule has 27 heavy (non-hydrogen) atoms. The minimum absolute atomic E-state index is 0.00777. The molecule has 1 heterocycles. The van der Waals surface area contributed by atoms with Crippen LogP contribution in [0.15, 0.2) is 42.5 Å². The first-order chi connectivity index (χ1) is 13.0. The topological polar surface area (TPSA) is 46.9 Å². The lowest BCUT2D eigenvalue weighted by Gasteiger charge is -2.14. The van der Waals surface area contributed by atoms with E-state index in [-0.39, 0.29) is 17.2 Å². The summed E-state index contributed by atoms with van der Waals surface area (Å²) < 4.78 is 28.9. The minimum atomic E-state index is -0.570. The molecule has 0 atom stereocenters. The van der Waals surface area contributed by atoms with E-state index in [0.29, 0.717) is 10.7 Å². The zero-order valence-electron chi connectivity index (χ0n) is 14.3. The van der Waals surface area contributed by atoms with Crippen LogP contribution in [-0.2, 0) is 12.8 Å². The first kappa shape index (κ1) is 17.7. The van der Waals surface area contributed by atoms with E-state index >= 15 is 0 Å². The summed E-state index contributed by atoms with van der Waals surface area (Å²) in [5.41, 5.74) is 2.74. The first-order valence-electron chi connectivity index (χ1n) is 8.66. The van der Waals surface area contributed by atoms with Gasteiger partial charge in [0.1, 0.15) is 11.6 Å². The molecular weight excluding hydrogens is 372 g/mol. The molecule has 0 saturated carbocycles. The highest BCUT2D eigenvalue weighted by molar-refractivity contribution is 6.31. The number of benzene rings is 2. The van der Waals surface area contributed by atoms with Crippen molar-refractivity contribution in [1.82, 2.24) is 9.78 Å². The number of aromatic nitrogens is 2. The molecule has 0 aliphatic heterocycles. The van der Waals surface area contributed by atoms with Crippen LogP contribution in [0.2, 0.25) is 5.02 Å². The third-order valence-corrected chi connectivity index (χ3v) is 4.88. The normalized spacial score (nSPS) is 13.3. The van der Waals surface area contributed by atoms with Crippen LogP contribution in [-0.4, -0.2) is 15.7 Å². The largest absolute Gasteiger partial charge is 0.318 e. The number of hydrogen-bond donors (Lipinski definition) is 1. The number of amides is 1. The molecule has 0 spiro atoms. The van der Waals surface area contributed by atoms with Gasteiger partial charge in [-0.05, 0) is 68.1 Å². The molecule has 1 N–H and O–H groups in total. The molecule has 7 heteroatoms. The van der Waals surface area contributed by atoms with Gasteiger partial charge in [0, 0.05) is 16.3 Å². The summed E-state index contributed by atoms with van der Waals surface area (Å²) in [6.07, 6.45) is 3.44. The van der Waals surface area contributed by atoms with Crippen LogP contribution in [0.3, 0.4) is 0 Å². The highest BCUT2D eigenvalue weighted by Gasteiger charge is 2.26. The van der Waals surface area contributed by atoms with E-state index < -0.39 is 11.7 Å². The van der Waals surface area contributed by atoms with Crippen molar-refractivity contribution in [1.29, 1.82) is 0 Å². The van der Waals surface area contributed by atoms with Crippen molar-refractivity contribution >= 4 is 23.2 Å². The van der Waals surface area contributed by atoms with Crippen LogP contribution in [0.1, 0.15) is 34.6 Å². The van der Waals surface area contributed by atoms with Gasteiger partial charge in [-0.1, -0.05) is 11.6 Å². The number of carbonyl (C=O) groups is 1. The molecule has 4 rings (SSSR count). The Morgan fingerprint density at radius 1 is 1.07 bits per heavy atom. The van der Waals surface area contributed by atoms with Gasteiger partial charge in [-0.2, -0.15) is 5.10 Å². The van der Waals surface area contributed by atoms with Crippen molar-refractivity contribution in [3.63, 3.8) is 0 Å². The Kier molecular flexibility index (Phi) is 4.66. The number of fused-ring (bicyclic) bond motifs is 1. The third kappa shape index (κ3) is 3.45. The van der Waals surface area contributed by atoms with E-state index in [2.05, 4.69) is 10.4 Å². The molecule has 0 bridgehead atoms. The standard InChI is InChI=1S/C20H16ClF2N3O/c21-12-5-10-16(23)17(11-12)24-20(27)19-15-3-1-2-4-18(15)26(25-19)14-8-6-13(22)7-9-14/h5-11H,1-4H2,(H,24,27). The van der Waals surface area contributed by atoms with Gasteiger partial charge in [0.15, 0.2) is 5.69 Å². The molecule has 0 fully saturated rings. The maximum atomic E-state index is 14.0. The van der Waals surface area contributed by atoms with Crippen molar-refractivity contribution in [2.45, 2.75) is 25.7 Å². The molecular formula is C20H16ClF2N3O. The van der Waals surface area contributed by atoms with Crippen LogP contribution in [0.25, 0.3) is 5.69 Å². The van der Waals surface area contributed by atoms with Crippen LogP contribution >= 0.6 is 11.6 Å². The SMILES string of the molecule is O=C(Nc1cc(Cl)ccc1F)c1nn(-c2ccc(F)cc2)c2c1CCCC2. The molecule has 1 aromatic heterocycles. The van der Waals surface area contributed by atoms with Gasteiger partial charge in [0.25, 0.3) is 5.91 Å². The predicted molar refractivity (Wildman–Crippen MR) is 99.5 cm³/mol. The molecule has 0 unspecified atom stereocenters. The van der Waals surface area contributed by atoms with Crippen LogP contribution in [0, 0.1) is 11.6 Å². The maximum Gasteiger partial charge on any atom is 0.276 e. The summed E-state index contributed by atoms with van der Waals surface area (Å²) in [4.78, 5) is 12.8. The number of halogens is 3. The summed E-state index contributed by atoms with van der Waals surface area (Å²) in [5.74, 6) is -1.40. The van der Waals surface area contributed by atoms with E-state index in [9.17, 15) is 13.6 Å². The minimum Gasteiger partial charge on any atom is -0.318 e. The Morgan fingerprint density at radius 3 is 2.59 bits per heavy atom. The molecule has 2 aromatic carbocycles. The zero-order valence-corrected chi connectivity index (χ0v) is 15.1. The highest BCUT2D eigenvalue weighted by atomic mass is 35.5. The van der Waals surface area contributed by atoms with Crippen molar-refractivity contribution in [3.05, 3.63) is 76.1 Å². The average molecular weight is 388 g/mol. The van der Waals surface area contributed by atoms with Crippen LogP contribution < -0.4 is 5.32 Å². The Balaban J connectivity index is 1.73. The number of carbonyl (C=O) groups excluding carboxylic acids is 1. The van der Waals surface area contributed by atoms with Gasteiger partial charge in [0.05, 0.1) is 11.4 Å². The molecule has 0 saturated heterocycles. The zero-order chi connectivity index (χ0) is 19.0. The van der Waals surface area contributed by atoms with E-state index in [1.807, 2.05) is 0 Å². The fourth-order valence-corrected chi connectivity index (χ4v) is 3.52. The smallest absolute Gasteiger partial charge is 0.276 e. The van der Waals surface area contributed by atoms with E-state index in [1.54, 1.807) is 16.8 Å². The van der Waals surface area contributed by atoms with Crippen molar-refractivity contribution < 1.29 is 13.6 Å². The Hall–Kier alpha value is -2.73. The van der Waals surface area contributed by atoms with Crippen LogP contribution in [0.5, 0.6) is 0 Å². The fourth-order valence-electron chi connectivity index (χ4n) is 3.35. The van der Waals surface area contributed by atoms with Gasteiger partial charge >= 0.3 is 0 Å². The maximum absolute atomic E-state index is 14.0. The molecule has 1 aliphatic rings. The summed E-state index contributed by atoms with van der Waals surface area (Å²) in [7, 11) is 0. The highest BCUT2D eigenvalue weighted by Crippen LogP contribution is 2.28. The van der Waals surface area contributed by atoms with Gasteiger partial charge in [-0.3, -0.25) is 4.79 Å². The Labute approximate surface area is 159 Å². The molecule has 1 aliphatic carbocycles. The van der Waals surface area contributed by atoms with Crippen molar-refractivity contribution in [2.75, 3.05) is 5.32 Å². The average Bonchev–Trinajstić information content (AvgIpc) is 3.05. The number of nitrogens with one attached hydrogen (secondary N) is 1. The fraction of sp³-hybridized carbons (Fsp3) is 0.200. The summed E-state index contributed by atoms with van der Waals surface area (Å²) >= 11 is 5.89. The van der Waals surface area contributed by atoms with Crippen LogP contribution in [0.4, 0.5) is 14.5 Å². The second kappa shape index (κ2) is 7.12. The molecule has 4 nitrogen and oxygen atoms in total. The quantitative estimate of drug-likeness (QED) is 0.692. The lowest BCUT2D eigenvalue weighted by molar-refractivity contribution is 0.102. The second-order valence-electron chi connectivity index (χ2n) is 6.45. The van der Waals surface area contributed by atoms with E-state index in [4.69, 9.17) is 11.6 Å². The predicted octanol–water partition coefficient (Wildman–Crippen LogP) is 4.94. The summed E-state index contributed by atoms with van der Waals surface area (Å²) in [5, 5.41) is 7.35. The van der Waals surface area contributed by atoms with Crippen molar-refractivity contribution in [2.24, 2.45) is 0 Å². The first-order valence-corrected chi connectivity index (χ1v) is 9.04. The molecule has 3 aromatic rings. The summed E-state index contributed by atoms with van der Waals surface area (Å²) in [6.45, 7) is 0. The molecule has 0 radical (unpaired) electrons. The van der Waals surface area contributed by atoms with E-state index in [1.165, 1.54) is 30.3 Å². The molecule has 1 amide bonds. The Bertz CT molecular complexity index is 1010. The number of nitrogens with zero attached hydrogens (tertiary/aromatic N) is 2. The number of rotatable bonds is 3. The monoisotopic (exact) mass is 387 g/mol. The second-order valence-corrected chi connectivity index (χ2v) is 6.88. The van der Waals surface area contributed by atoms with Gasteiger partial charge < -0.3 is 5.32 Å². The third-order valence-electron chi connectivity index (χ3n) is 4.64. The summed E-state index contributed by atoms with van der Waals surface area (Å²) in [6, 6.07) is 9.92. The van der Waals surface area contributed by atoms with Gasteiger partial charge in [-0.25, -0.2) is 13.5 Å². The van der Waals surface area contributed by atoms with Crippen molar-refractivity contribution in [3.8, 4) is 5.69 Å². The molecule has 138 valence electrons. The van der Waals surface area contributed by atoms with Gasteiger partial charge in [0.2, 0.25) is 0 Å². The van der Waals surface area contributed by atoms with Gasteiger partial charge in [-0.15, -0.1) is 0 Å². The number of anilines is 1. The van der Waals surface area contributed by atoms with E-state index in [0.717, 1.165) is 36.9 Å². The lowest BCUT2D eigenvalue weighted by atomic mass is 9.95. The number of hydrogen-bond acceptors (Lipinski definition) is 2. The Morgan fingerprint density at radius 2 is 1.81 bits per heavy atom.